The molecule has 0 aromatic heterocycles. The van der Waals surface area contributed by atoms with E-state index in [-0.39, 0.29) is 25.7 Å². The molecule has 0 fully saturated rings. The Morgan fingerprint density at radius 3 is 0.708 bits per heavy atom. The van der Waals surface area contributed by atoms with Crippen molar-refractivity contribution in [2.24, 2.45) is 11.8 Å². The van der Waals surface area contributed by atoms with E-state index in [9.17, 15) is 43.2 Å². The van der Waals surface area contributed by atoms with Gasteiger partial charge in [0.15, 0.2) is 12.2 Å². The lowest BCUT2D eigenvalue weighted by molar-refractivity contribution is -0.161. The number of esters is 4. The van der Waals surface area contributed by atoms with Crippen LogP contribution in [0.1, 0.15) is 401 Å². The van der Waals surface area contributed by atoms with E-state index in [4.69, 9.17) is 37.0 Å². The Hall–Kier alpha value is -1.94. The van der Waals surface area contributed by atoms with Gasteiger partial charge in [0.05, 0.1) is 26.4 Å². The number of phosphoric ester groups is 2. The summed E-state index contributed by atoms with van der Waals surface area (Å²) in [4.78, 5) is 72.7. The number of unbranched alkanes of at least 4 members (excludes halogenated alkanes) is 46. The van der Waals surface area contributed by atoms with Gasteiger partial charge in [0, 0.05) is 25.7 Å². The maximum absolute atomic E-state index is 13.1. The minimum Gasteiger partial charge on any atom is -0.462 e. The summed E-state index contributed by atoms with van der Waals surface area (Å²) < 4.78 is 68.5. The minimum absolute atomic E-state index is 0.106. The molecule has 17 nitrogen and oxygen atoms in total. The fourth-order valence-electron chi connectivity index (χ4n) is 11.8. The molecular weight excluding hydrogens is 1260 g/mol. The van der Waals surface area contributed by atoms with Crippen LogP contribution in [0.5, 0.6) is 0 Å². The van der Waals surface area contributed by atoms with E-state index < -0.39 is 97.5 Å². The fraction of sp³-hybridized carbons (Fsp3) is 0.948. The monoisotopic (exact) mass is 1410 g/mol. The summed E-state index contributed by atoms with van der Waals surface area (Å²) in [6.07, 6.45) is 57.0. The molecule has 0 aromatic rings. The third-order valence-electron chi connectivity index (χ3n) is 18.0. The van der Waals surface area contributed by atoms with E-state index >= 15 is 0 Å². The lowest BCUT2D eigenvalue weighted by Crippen LogP contribution is -2.30. The number of aliphatic hydroxyl groups is 1. The Bertz CT molecular complexity index is 1860. The first-order valence-electron chi connectivity index (χ1n) is 40.0. The van der Waals surface area contributed by atoms with Gasteiger partial charge < -0.3 is 33.8 Å². The topological polar surface area (TPSA) is 237 Å². The van der Waals surface area contributed by atoms with Gasteiger partial charge in [0.25, 0.3) is 0 Å². The molecule has 0 aliphatic rings. The minimum atomic E-state index is -4.96. The van der Waals surface area contributed by atoms with Crippen LogP contribution in [0.2, 0.25) is 0 Å². The van der Waals surface area contributed by atoms with E-state index in [1.54, 1.807) is 0 Å². The van der Waals surface area contributed by atoms with Crippen molar-refractivity contribution in [3.8, 4) is 0 Å². The van der Waals surface area contributed by atoms with Crippen molar-refractivity contribution in [1.82, 2.24) is 0 Å². The molecule has 3 N–H and O–H groups in total. The van der Waals surface area contributed by atoms with E-state index in [1.165, 1.54) is 205 Å². The van der Waals surface area contributed by atoms with Gasteiger partial charge in [-0.3, -0.25) is 37.3 Å². The van der Waals surface area contributed by atoms with Crippen molar-refractivity contribution in [3.63, 3.8) is 0 Å². The number of ether oxygens (including phenoxy) is 4. The van der Waals surface area contributed by atoms with Crippen molar-refractivity contribution in [3.05, 3.63) is 0 Å². The number of carbonyl (C=O) groups excluding carboxylic acids is 4. The number of hydrogen-bond donors (Lipinski definition) is 3. The van der Waals surface area contributed by atoms with Gasteiger partial charge in [0.2, 0.25) is 0 Å². The molecule has 0 aromatic carbocycles. The van der Waals surface area contributed by atoms with Crippen molar-refractivity contribution < 1.29 is 80.2 Å². The van der Waals surface area contributed by atoms with E-state index in [2.05, 4.69) is 41.5 Å². The van der Waals surface area contributed by atoms with Crippen molar-refractivity contribution in [2.45, 2.75) is 419 Å². The largest absolute Gasteiger partial charge is 0.472 e. The summed E-state index contributed by atoms with van der Waals surface area (Å²) >= 11 is 0. The Morgan fingerprint density at radius 2 is 0.479 bits per heavy atom. The first kappa shape index (κ1) is 94.1. The predicted octanol–water partition coefficient (Wildman–Crippen LogP) is 22.7. The number of carbonyl (C=O) groups is 4. The summed E-state index contributed by atoms with van der Waals surface area (Å²) in [6, 6.07) is 0. The summed E-state index contributed by atoms with van der Waals surface area (Å²) in [5.41, 5.74) is 0. The molecule has 0 saturated carbocycles. The maximum atomic E-state index is 13.1. The highest BCUT2D eigenvalue weighted by Crippen LogP contribution is 2.45. The highest BCUT2D eigenvalue weighted by molar-refractivity contribution is 7.47. The quantitative estimate of drug-likeness (QED) is 0.0222. The van der Waals surface area contributed by atoms with Crippen LogP contribution in [-0.4, -0.2) is 96.7 Å². The maximum Gasteiger partial charge on any atom is 0.472 e. The zero-order valence-corrected chi connectivity index (χ0v) is 64.5. The molecule has 0 radical (unpaired) electrons. The smallest absolute Gasteiger partial charge is 0.462 e. The van der Waals surface area contributed by atoms with Gasteiger partial charge in [-0.1, -0.05) is 350 Å². The molecule has 570 valence electrons. The fourth-order valence-corrected chi connectivity index (χ4v) is 13.4. The predicted molar refractivity (Wildman–Crippen MR) is 391 cm³/mol. The lowest BCUT2D eigenvalue weighted by atomic mass is 10.0. The van der Waals surface area contributed by atoms with Crippen LogP contribution in [0.3, 0.4) is 0 Å². The van der Waals surface area contributed by atoms with Crippen LogP contribution in [0.4, 0.5) is 0 Å². The molecule has 96 heavy (non-hydrogen) atoms. The third-order valence-corrected chi connectivity index (χ3v) is 19.9. The van der Waals surface area contributed by atoms with Crippen LogP contribution >= 0.6 is 15.6 Å². The Morgan fingerprint density at radius 1 is 0.281 bits per heavy atom. The van der Waals surface area contributed by atoms with Crippen molar-refractivity contribution in [1.29, 1.82) is 0 Å². The third kappa shape index (κ3) is 70.5. The van der Waals surface area contributed by atoms with Gasteiger partial charge in [-0.25, -0.2) is 9.13 Å². The number of aliphatic hydroxyl groups excluding tert-OH is 1. The molecule has 0 aliphatic heterocycles. The van der Waals surface area contributed by atoms with Gasteiger partial charge in [-0.15, -0.1) is 0 Å². The molecule has 0 aliphatic carbocycles. The molecule has 0 spiro atoms. The average Bonchev–Trinajstić information content (AvgIpc) is 1.32. The highest BCUT2D eigenvalue weighted by atomic mass is 31.2. The second-order valence-corrected chi connectivity index (χ2v) is 31.6. The first-order chi connectivity index (χ1) is 46.4. The van der Waals surface area contributed by atoms with E-state index in [1.807, 2.05) is 0 Å². The second-order valence-electron chi connectivity index (χ2n) is 28.7. The van der Waals surface area contributed by atoms with Gasteiger partial charge in [0.1, 0.15) is 19.3 Å². The van der Waals surface area contributed by atoms with Crippen LogP contribution in [-0.2, 0) is 65.4 Å². The van der Waals surface area contributed by atoms with E-state index in [0.717, 1.165) is 115 Å². The van der Waals surface area contributed by atoms with Gasteiger partial charge >= 0.3 is 39.5 Å². The number of hydrogen-bond acceptors (Lipinski definition) is 15. The lowest BCUT2D eigenvalue weighted by Gasteiger charge is -2.21. The first-order valence-corrected chi connectivity index (χ1v) is 43.0. The van der Waals surface area contributed by atoms with Gasteiger partial charge in [-0.05, 0) is 37.5 Å². The SMILES string of the molecule is CCCCCCCCCCCCCCCCCCCCC(=O)O[C@H](COC(=O)CCCCCCCCCCCCCCCCC(C)C)COP(=O)(O)OC[C@@H](O)COP(=O)(O)OC[C@@H](COC(=O)CCCCCCCCC)OC(=O)CCCCCCCCCCCCCC(C)C. The standard InChI is InChI=1S/C77H150O17P2/c1-7-9-11-13-15-16-17-18-19-20-21-22-27-32-37-43-49-55-61-76(81)94-73(66-88-75(80)60-54-48-42-36-31-26-24-23-25-29-34-40-45-51-57-69(3)4)68-92-96(85,86)90-64-71(78)63-89-95(83,84)91-67-72(65-87-74(79)59-53-47-39-14-12-10-8-2)93-77(82)62-56-50-44-38-33-28-30-35-41-46-52-58-70(5)6/h69-73,78H,7-68H2,1-6H3,(H,83,84)(H,85,86)/t71-,72+,73+/m0/s1. The van der Waals surface area contributed by atoms with E-state index in [0.29, 0.717) is 25.7 Å². The van der Waals surface area contributed by atoms with Crippen LogP contribution in [0.15, 0.2) is 0 Å². The summed E-state index contributed by atoms with van der Waals surface area (Å²) in [7, 11) is -9.91. The molecular formula is C77H150O17P2. The van der Waals surface area contributed by atoms with Crippen LogP contribution < -0.4 is 0 Å². The molecule has 0 saturated heterocycles. The molecule has 0 amide bonds. The van der Waals surface area contributed by atoms with Crippen LogP contribution in [0.25, 0.3) is 0 Å². The second kappa shape index (κ2) is 68.8. The average molecular weight is 1410 g/mol. The molecule has 0 bridgehead atoms. The number of rotatable bonds is 76. The van der Waals surface area contributed by atoms with Crippen molar-refractivity contribution >= 4 is 39.5 Å². The highest BCUT2D eigenvalue weighted by Gasteiger charge is 2.30. The van der Waals surface area contributed by atoms with Crippen molar-refractivity contribution in [2.75, 3.05) is 39.6 Å². The molecule has 0 heterocycles. The number of phosphoric acid groups is 2. The molecule has 5 atom stereocenters. The summed E-state index contributed by atoms with van der Waals surface area (Å²) in [5.74, 6) is -0.553. The Balaban J connectivity index is 5.19. The Labute approximate surface area is 588 Å². The normalized spacial score (nSPS) is 14.0. The molecule has 2 unspecified atom stereocenters. The Kier molecular flexibility index (Phi) is 67.4. The summed E-state index contributed by atoms with van der Waals surface area (Å²) in [6.45, 7) is 9.59. The zero-order valence-electron chi connectivity index (χ0n) is 62.7. The zero-order chi connectivity index (χ0) is 70.7. The van der Waals surface area contributed by atoms with Crippen LogP contribution in [0, 0.1) is 11.8 Å². The molecule has 0 rings (SSSR count). The molecule has 19 heteroatoms. The van der Waals surface area contributed by atoms with Gasteiger partial charge in [-0.2, -0.15) is 0 Å². The summed E-state index contributed by atoms with van der Waals surface area (Å²) in [5, 5.41) is 10.6.